The molecule has 0 radical (unpaired) electrons. The zero-order valence-electron chi connectivity index (χ0n) is 13.2. The Kier molecular flexibility index (Phi) is 9.64. The number of carbonyl (C=O) groups is 1. The second kappa shape index (κ2) is 10.6. The van der Waals surface area contributed by atoms with E-state index in [1.54, 1.807) is 6.07 Å². The van der Waals surface area contributed by atoms with E-state index in [1.165, 1.54) is 19.1 Å². The number of esters is 1. The maximum atomic E-state index is 13.0. The lowest BCUT2D eigenvalue weighted by atomic mass is 9.99. The van der Waals surface area contributed by atoms with Crippen molar-refractivity contribution in [2.75, 3.05) is 6.61 Å². The Morgan fingerprint density at radius 3 is 2.73 bits per heavy atom. The monoisotopic (exact) mass is 310 g/mol. The van der Waals surface area contributed by atoms with Gasteiger partial charge in [-0.1, -0.05) is 13.8 Å². The van der Waals surface area contributed by atoms with Crippen LogP contribution < -0.4 is 4.74 Å². The Balaban J connectivity index is 0.00000102. The molecule has 1 heterocycles. The summed E-state index contributed by atoms with van der Waals surface area (Å²) in [6.45, 7) is 5.20. The van der Waals surface area contributed by atoms with Crippen LogP contribution in [0.5, 0.6) is 5.75 Å². The zero-order valence-corrected chi connectivity index (χ0v) is 13.2. The van der Waals surface area contributed by atoms with Crippen molar-refractivity contribution >= 4 is 5.97 Å². The standard InChI is InChI=1S/C13H15FO4.C2H6.C2H2/c1-8(15)17-7-11(16)13-4-2-9-6-10(14)3-5-12(9)18-13;2*1-2/h3,5-6,11,13,16H,2,4,7H2,1H3;1-2H3;1-2H/t11-,13?;;/m0../s1. The molecule has 1 N–H and O–H groups in total. The van der Waals surface area contributed by atoms with Crippen LogP contribution in [-0.4, -0.2) is 29.9 Å². The van der Waals surface area contributed by atoms with Gasteiger partial charge in [0, 0.05) is 6.92 Å². The summed E-state index contributed by atoms with van der Waals surface area (Å²) in [4.78, 5) is 10.7. The quantitative estimate of drug-likeness (QED) is 0.689. The molecule has 1 aromatic rings. The van der Waals surface area contributed by atoms with Gasteiger partial charge < -0.3 is 14.6 Å². The normalized spacial score (nSPS) is 16.4. The number of aryl methyl sites for hydroxylation is 1. The molecule has 0 fully saturated rings. The van der Waals surface area contributed by atoms with Gasteiger partial charge in [-0.15, -0.1) is 12.8 Å². The molecule has 0 aromatic heterocycles. The van der Waals surface area contributed by atoms with E-state index in [-0.39, 0.29) is 12.4 Å². The van der Waals surface area contributed by atoms with Gasteiger partial charge in [0.2, 0.25) is 0 Å². The number of aliphatic hydroxyl groups excluding tert-OH is 1. The van der Waals surface area contributed by atoms with E-state index in [2.05, 4.69) is 12.8 Å². The molecule has 0 saturated heterocycles. The molecule has 0 saturated carbocycles. The Morgan fingerprint density at radius 1 is 1.50 bits per heavy atom. The number of terminal acetylenes is 1. The largest absolute Gasteiger partial charge is 0.487 e. The number of halogens is 1. The average molecular weight is 310 g/mol. The minimum Gasteiger partial charge on any atom is -0.487 e. The molecule has 2 rings (SSSR count). The topological polar surface area (TPSA) is 55.8 Å². The highest BCUT2D eigenvalue weighted by atomic mass is 19.1. The Morgan fingerprint density at radius 2 is 2.14 bits per heavy atom. The minimum atomic E-state index is -0.868. The lowest BCUT2D eigenvalue weighted by Crippen LogP contribution is -2.38. The molecule has 1 unspecified atom stereocenters. The fraction of sp³-hybridized carbons (Fsp3) is 0.471. The Labute approximate surface area is 131 Å². The maximum absolute atomic E-state index is 13.0. The first kappa shape index (κ1) is 19.9. The van der Waals surface area contributed by atoms with Crippen LogP contribution in [0.2, 0.25) is 0 Å². The number of aliphatic hydroxyl groups is 1. The van der Waals surface area contributed by atoms with E-state index in [9.17, 15) is 14.3 Å². The smallest absolute Gasteiger partial charge is 0.302 e. The molecule has 5 heteroatoms. The predicted octanol–water partition coefficient (Wildman–Crippen LogP) is 2.72. The van der Waals surface area contributed by atoms with Gasteiger partial charge >= 0.3 is 5.97 Å². The minimum absolute atomic E-state index is 0.0868. The van der Waals surface area contributed by atoms with Crippen LogP contribution in [0.15, 0.2) is 18.2 Å². The highest BCUT2D eigenvalue weighted by molar-refractivity contribution is 5.65. The van der Waals surface area contributed by atoms with Gasteiger partial charge in [0.15, 0.2) is 0 Å². The molecule has 2 atom stereocenters. The number of hydrogen-bond acceptors (Lipinski definition) is 4. The SMILES string of the molecule is C#C.CC.CC(=O)OC[C@H](O)C1CCc2cc(F)ccc2O1. The number of carbonyl (C=O) groups excluding carboxylic acids is 1. The van der Waals surface area contributed by atoms with Crippen LogP contribution in [0.4, 0.5) is 4.39 Å². The highest BCUT2D eigenvalue weighted by Gasteiger charge is 2.27. The van der Waals surface area contributed by atoms with Crippen molar-refractivity contribution in [1.29, 1.82) is 0 Å². The molecule has 1 aliphatic rings. The first-order valence-electron chi connectivity index (χ1n) is 7.16. The first-order chi connectivity index (χ1) is 10.6. The van der Waals surface area contributed by atoms with Crippen LogP contribution >= 0.6 is 0 Å². The molecule has 0 amide bonds. The number of benzene rings is 1. The van der Waals surface area contributed by atoms with Gasteiger partial charge in [-0.05, 0) is 36.6 Å². The van der Waals surface area contributed by atoms with Gasteiger partial charge in [-0.3, -0.25) is 4.79 Å². The molecule has 1 aromatic carbocycles. The van der Waals surface area contributed by atoms with Crippen molar-refractivity contribution in [1.82, 2.24) is 0 Å². The number of rotatable bonds is 3. The molecule has 1 aliphatic heterocycles. The second-order valence-electron chi connectivity index (χ2n) is 4.32. The molecular weight excluding hydrogens is 287 g/mol. The van der Waals surface area contributed by atoms with Crippen LogP contribution in [0, 0.1) is 18.7 Å². The summed E-state index contributed by atoms with van der Waals surface area (Å²) in [7, 11) is 0. The number of ether oxygens (including phenoxy) is 2. The van der Waals surface area contributed by atoms with Gasteiger partial charge in [-0.25, -0.2) is 4.39 Å². The summed E-state index contributed by atoms with van der Waals surface area (Å²) in [6.07, 6.45) is 7.91. The van der Waals surface area contributed by atoms with E-state index in [1.807, 2.05) is 13.8 Å². The fourth-order valence-corrected chi connectivity index (χ4v) is 1.96. The lowest BCUT2D eigenvalue weighted by Gasteiger charge is -2.29. The van der Waals surface area contributed by atoms with Crippen molar-refractivity contribution < 1.29 is 23.8 Å². The van der Waals surface area contributed by atoms with E-state index in [0.29, 0.717) is 18.6 Å². The Hall–Kier alpha value is -2.06. The van der Waals surface area contributed by atoms with Gasteiger partial charge in [0.25, 0.3) is 0 Å². The molecule has 0 aliphatic carbocycles. The lowest BCUT2D eigenvalue weighted by molar-refractivity contribution is -0.146. The van der Waals surface area contributed by atoms with E-state index >= 15 is 0 Å². The second-order valence-corrected chi connectivity index (χ2v) is 4.32. The third kappa shape index (κ3) is 6.15. The molecule has 0 bridgehead atoms. The number of fused-ring (bicyclic) bond motifs is 1. The van der Waals surface area contributed by atoms with Crippen LogP contribution in [0.1, 0.15) is 32.8 Å². The van der Waals surface area contributed by atoms with Crippen molar-refractivity contribution in [2.45, 2.75) is 45.8 Å². The van der Waals surface area contributed by atoms with Crippen molar-refractivity contribution in [3.8, 4) is 18.6 Å². The van der Waals surface area contributed by atoms with E-state index in [0.717, 1.165) is 5.56 Å². The van der Waals surface area contributed by atoms with Gasteiger partial charge in [0.1, 0.15) is 30.4 Å². The van der Waals surface area contributed by atoms with Crippen molar-refractivity contribution in [2.24, 2.45) is 0 Å². The molecule has 0 spiro atoms. The van der Waals surface area contributed by atoms with E-state index in [4.69, 9.17) is 9.47 Å². The molecule has 122 valence electrons. The van der Waals surface area contributed by atoms with Gasteiger partial charge in [-0.2, -0.15) is 0 Å². The van der Waals surface area contributed by atoms with E-state index < -0.39 is 18.2 Å². The predicted molar refractivity (Wildman–Crippen MR) is 83.0 cm³/mol. The summed E-state index contributed by atoms with van der Waals surface area (Å²) < 4.78 is 23.3. The number of hydrogen-bond donors (Lipinski definition) is 1. The third-order valence-electron chi connectivity index (χ3n) is 2.89. The van der Waals surface area contributed by atoms with Crippen LogP contribution in [0.25, 0.3) is 0 Å². The summed E-state index contributed by atoms with van der Waals surface area (Å²) in [5.41, 5.74) is 0.797. The summed E-state index contributed by atoms with van der Waals surface area (Å²) in [5.74, 6) is -0.155. The molecule has 22 heavy (non-hydrogen) atoms. The van der Waals surface area contributed by atoms with Crippen molar-refractivity contribution in [3.05, 3.63) is 29.6 Å². The van der Waals surface area contributed by atoms with Crippen molar-refractivity contribution in [3.63, 3.8) is 0 Å². The zero-order chi connectivity index (χ0) is 17.1. The summed E-state index contributed by atoms with van der Waals surface area (Å²) in [6, 6.07) is 4.30. The van der Waals surface area contributed by atoms with Crippen LogP contribution in [0.3, 0.4) is 0 Å². The van der Waals surface area contributed by atoms with Crippen LogP contribution in [-0.2, 0) is 16.0 Å². The summed E-state index contributed by atoms with van der Waals surface area (Å²) in [5, 5.41) is 9.83. The fourth-order valence-electron chi connectivity index (χ4n) is 1.96. The summed E-state index contributed by atoms with van der Waals surface area (Å²) >= 11 is 0. The Bertz CT molecular complexity index is 485. The van der Waals surface area contributed by atoms with Gasteiger partial charge in [0.05, 0.1) is 0 Å². The third-order valence-corrected chi connectivity index (χ3v) is 2.89. The highest BCUT2D eigenvalue weighted by Crippen LogP contribution is 2.29. The first-order valence-corrected chi connectivity index (χ1v) is 7.16. The maximum Gasteiger partial charge on any atom is 0.302 e. The molecule has 4 nitrogen and oxygen atoms in total. The average Bonchev–Trinajstić information content (AvgIpc) is 2.55. The molecular formula is C17H23FO4.